The van der Waals surface area contributed by atoms with E-state index in [0.29, 0.717) is 29.1 Å². The maximum Gasteiger partial charge on any atom is 0.245 e. The number of anilines is 2. The molecule has 2 fully saturated rings. The van der Waals surface area contributed by atoms with Gasteiger partial charge in [-0.1, -0.05) is 6.58 Å². The maximum absolute atomic E-state index is 11.9. The summed E-state index contributed by atoms with van der Waals surface area (Å²) < 4.78 is 7.90. The van der Waals surface area contributed by atoms with Crippen LogP contribution < -0.4 is 10.1 Å². The van der Waals surface area contributed by atoms with Crippen LogP contribution in [0.1, 0.15) is 35.4 Å². The van der Waals surface area contributed by atoms with Crippen molar-refractivity contribution in [3.63, 3.8) is 0 Å². The number of ether oxygens (including phenoxy) is 1. The highest BCUT2D eigenvalue weighted by molar-refractivity contribution is 5.87. The summed E-state index contributed by atoms with van der Waals surface area (Å²) in [6, 6.07) is 6.85. The topological polar surface area (TPSA) is 112 Å². The summed E-state index contributed by atoms with van der Waals surface area (Å²) in [6.45, 7) is 7.27. The van der Waals surface area contributed by atoms with E-state index in [0.717, 1.165) is 67.1 Å². The van der Waals surface area contributed by atoms with Gasteiger partial charge in [0.2, 0.25) is 5.91 Å². The Morgan fingerprint density at radius 2 is 2.08 bits per heavy atom. The zero-order valence-electron chi connectivity index (χ0n) is 20.7. The van der Waals surface area contributed by atoms with Gasteiger partial charge in [-0.25, -0.2) is 9.97 Å². The standard InChI is InChI=1S/C27H28N8O2/c1-3-24(36)34-6-4-21(5-7-34)35-13-20(14-35)17-8-18(10-28)26-23(9-17)32-27-22(15-37-26)25(29-16-30-27)19-11-31-33(2)12-19/h3,8-9,11-12,16,20-21H,1,4-7,13-15H2,2H3,(H,29,30,32). The first-order chi connectivity index (χ1) is 18.0. The van der Waals surface area contributed by atoms with Crippen LogP contribution in [0.2, 0.25) is 0 Å². The second-order valence-electron chi connectivity index (χ2n) is 9.83. The number of aromatic nitrogens is 4. The molecular formula is C27H28N8O2. The van der Waals surface area contributed by atoms with Gasteiger partial charge in [0.25, 0.3) is 0 Å². The average molecular weight is 497 g/mol. The Balaban J connectivity index is 1.20. The first-order valence-corrected chi connectivity index (χ1v) is 12.5. The Bertz CT molecular complexity index is 1410. The van der Waals surface area contributed by atoms with E-state index < -0.39 is 0 Å². The lowest BCUT2D eigenvalue weighted by Crippen LogP contribution is -2.54. The van der Waals surface area contributed by atoms with E-state index in [1.54, 1.807) is 10.9 Å². The van der Waals surface area contributed by atoms with Crippen molar-refractivity contribution in [1.29, 1.82) is 5.26 Å². The molecule has 3 aliphatic heterocycles. The summed E-state index contributed by atoms with van der Waals surface area (Å²) in [7, 11) is 1.86. The normalized spacial score (nSPS) is 17.9. The summed E-state index contributed by atoms with van der Waals surface area (Å²) in [5.41, 5.74) is 4.84. The molecule has 37 heavy (non-hydrogen) atoms. The zero-order chi connectivity index (χ0) is 25.5. The summed E-state index contributed by atoms with van der Waals surface area (Å²) in [5.74, 6) is 1.57. The highest BCUT2D eigenvalue weighted by Gasteiger charge is 2.36. The van der Waals surface area contributed by atoms with Gasteiger partial charge in [0, 0.05) is 56.9 Å². The number of nitrogens with zero attached hydrogens (tertiary/aromatic N) is 7. The number of piperidine rings is 1. The predicted molar refractivity (Wildman–Crippen MR) is 137 cm³/mol. The van der Waals surface area contributed by atoms with Gasteiger partial charge in [-0.05, 0) is 36.6 Å². The van der Waals surface area contributed by atoms with E-state index in [-0.39, 0.29) is 12.5 Å². The van der Waals surface area contributed by atoms with Crippen LogP contribution >= 0.6 is 0 Å². The van der Waals surface area contributed by atoms with Gasteiger partial charge in [-0.2, -0.15) is 10.4 Å². The molecule has 3 aliphatic rings. The van der Waals surface area contributed by atoms with Crippen molar-refractivity contribution in [3.8, 4) is 23.1 Å². The summed E-state index contributed by atoms with van der Waals surface area (Å²) in [4.78, 5) is 25.2. The van der Waals surface area contributed by atoms with Gasteiger partial charge in [-0.15, -0.1) is 0 Å². The van der Waals surface area contributed by atoms with E-state index in [2.05, 4.69) is 44.0 Å². The molecule has 1 aromatic carbocycles. The van der Waals surface area contributed by atoms with Crippen LogP contribution in [-0.4, -0.2) is 67.7 Å². The van der Waals surface area contributed by atoms with Crippen molar-refractivity contribution in [3.05, 3.63) is 60.2 Å². The lowest BCUT2D eigenvalue weighted by atomic mass is 9.86. The average Bonchev–Trinajstić information content (AvgIpc) is 3.23. The van der Waals surface area contributed by atoms with Crippen LogP contribution in [0, 0.1) is 11.3 Å². The lowest BCUT2D eigenvalue weighted by molar-refractivity contribution is -0.127. The molecule has 0 spiro atoms. The largest absolute Gasteiger partial charge is 0.485 e. The molecule has 10 nitrogen and oxygen atoms in total. The minimum absolute atomic E-state index is 0.0167. The van der Waals surface area contributed by atoms with Gasteiger partial charge in [-0.3, -0.25) is 14.4 Å². The summed E-state index contributed by atoms with van der Waals surface area (Å²) in [6.07, 6.45) is 8.56. The van der Waals surface area contributed by atoms with Crippen LogP contribution in [0.15, 0.2) is 43.5 Å². The van der Waals surface area contributed by atoms with Crippen molar-refractivity contribution in [2.75, 3.05) is 31.5 Å². The van der Waals surface area contributed by atoms with E-state index >= 15 is 0 Å². The highest BCUT2D eigenvalue weighted by atomic mass is 16.5. The van der Waals surface area contributed by atoms with Crippen molar-refractivity contribution in [2.24, 2.45) is 7.05 Å². The van der Waals surface area contributed by atoms with Crippen LogP contribution in [-0.2, 0) is 18.4 Å². The fraction of sp³-hybridized carbons (Fsp3) is 0.370. The Hall–Kier alpha value is -4.23. The van der Waals surface area contributed by atoms with Crippen molar-refractivity contribution >= 4 is 17.4 Å². The quantitative estimate of drug-likeness (QED) is 0.549. The molecule has 0 unspecified atom stereocenters. The van der Waals surface area contributed by atoms with Gasteiger partial charge >= 0.3 is 0 Å². The second-order valence-corrected chi connectivity index (χ2v) is 9.83. The molecule has 0 bridgehead atoms. The maximum atomic E-state index is 11.9. The molecule has 1 amide bonds. The number of aryl methyl sites for hydroxylation is 1. The van der Waals surface area contributed by atoms with Crippen molar-refractivity contribution < 1.29 is 9.53 Å². The third-order valence-electron chi connectivity index (χ3n) is 7.62. The molecule has 0 saturated carbocycles. The summed E-state index contributed by atoms with van der Waals surface area (Å²) in [5, 5.41) is 17.6. The Morgan fingerprint density at radius 1 is 1.27 bits per heavy atom. The van der Waals surface area contributed by atoms with Crippen molar-refractivity contribution in [2.45, 2.75) is 31.4 Å². The molecular weight excluding hydrogens is 468 g/mol. The van der Waals surface area contributed by atoms with Gasteiger partial charge in [0.1, 0.15) is 24.8 Å². The van der Waals surface area contributed by atoms with Gasteiger partial charge < -0.3 is 15.0 Å². The summed E-state index contributed by atoms with van der Waals surface area (Å²) >= 11 is 0. The zero-order valence-corrected chi connectivity index (χ0v) is 20.7. The fourth-order valence-electron chi connectivity index (χ4n) is 5.54. The number of carbonyl (C=O) groups is 1. The number of nitriles is 1. The van der Waals surface area contributed by atoms with Crippen LogP contribution in [0.4, 0.5) is 11.5 Å². The monoisotopic (exact) mass is 496 g/mol. The number of nitrogens with one attached hydrogen (secondary N) is 1. The third-order valence-corrected chi connectivity index (χ3v) is 7.62. The number of carbonyl (C=O) groups excluding carboxylic acids is 1. The van der Waals surface area contributed by atoms with E-state index in [1.165, 1.54) is 12.4 Å². The molecule has 5 heterocycles. The van der Waals surface area contributed by atoms with Crippen LogP contribution in [0.5, 0.6) is 5.75 Å². The number of likely N-dealkylation sites (tertiary alicyclic amines) is 2. The first kappa shape index (κ1) is 23.2. The van der Waals surface area contributed by atoms with Crippen LogP contribution in [0.25, 0.3) is 11.3 Å². The number of rotatable bonds is 4. The first-order valence-electron chi connectivity index (χ1n) is 12.5. The number of amides is 1. The highest BCUT2D eigenvalue weighted by Crippen LogP contribution is 2.42. The van der Waals surface area contributed by atoms with E-state index in [9.17, 15) is 10.1 Å². The number of fused-ring (bicyclic) bond motifs is 2. The van der Waals surface area contributed by atoms with Crippen LogP contribution in [0.3, 0.4) is 0 Å². The number of hydrogen-bond donors (Lipinski definition) is 1. The smallest absolute Gasteiger partial charge is 0.245 e. The Morgan fingerprint density at radius 3 is 2.78 bits per heavy atom. The second kappa shape index (κ2) is 9.33. The molecule has 10 heteroatoms. The van der Waals surface area contributed by atoms with E-state index in [1.807, 2.05) is 24.2 Å². The Kier molecular flexibility index (Phi) is 5.85. The third kappa shape index (κ3) is 4.21. The molecule has 0 aliphatic carbocycles. The fourth-order valence-corrected chi connectivity index (χ4v) is 5.54. The Labute approximate surface area is 215 Å². The minimum Gasteiger partial charge on any atom is -0.485 e. The SMILES string of the molecule is C=CC(=O)N1CCC(N2CC(c3cc(C#N)c4c(c3)Nc3ncnc(-c5cnn(C)c5)c3CO4)C2)CC1. The molecule has 2 saturated heterocycles. The minimum atomic E-state index is 0.0167. The van der Waals surface area contributed by atoms with E-state index in [4.69, 9.17) is 4.74 Å². The molecule has 1 N–H and O–H groups in total. The van der Waals surface area contributed by atoms with Gasteiger partial charge in [0.05, 0.1) is 28.7 Å². The predicted octanol–water partition coefficient (Wildman–Crippen LogP) is 2.96. The molecule has 3 aromatic rings. The molecule has 6 rings (SSSR count). The van der Waals surface area contributed by atoms with Gasteiger partial charge in [0.15, 0.2) is 5.75 Å². The number of hydrogen-bond acceptors (Lipinski definition) is 8. The number of benzene rings is 1. The van der Waals surface area contributed by atoms with Crippen molar-refractivity contribution in [1.82, 2.24) is 29.5 Å². The molecule has 188 valence electrons. The molecule has 0 atom stereocenters. The lowest BCUT2D eigenvalue weighted by Gasteiger charge is -2.47. The molecule has 2 aromatic heterocycles. The molecule has 0 radical (unpaired) electrons.